The Hall–Kier alpha value is -2.85. The number of hydrogen-bond acceptors (Lipinski definition) is 6. The van der Waals surface area contributed by atoms with E-state index in [1.807, 2.05) is 20.8 Å². The minimum absolute atomic E-state index is 0.00293. The maximum atomic E-state index is 13.1. The Morgan fingerprint density at radius 3 is 2.33 bits per heavy atom. The highest BCUT2D eigenvalue weighted by Gasteiger charge is 2.32. The summed E-state index contributed by atoms with van der Waals surface area (Å²) in [6.07, 6.45) is 2.54. The summed E-state index contributed by atoms with van der Waals surface area (Å²) >= 11 is 0. The third-order valence-electron chi connectivity index (χ3n) is 5.42. The Balaban J connectivity index is 2.21. The van der Waals surface area contributed by atoms with E-state index >= 15 is 0 Å². The molecule has 1 aromatic carbocycles. The number of furan rings is 1. The van der Waals surface area contributed by atoms with Crippen LogP contribution < -0.4 is 14.8 Å². The molecule has 182 valence electrons. The van der Waals surface area contributed by atoms with Crippen LogP contribution in [0.15, 0.2) is 52.0 Å². The molecule has 2 aromatic rings. The zero-order chi connectivity index (χ0) is 24.6. The minimum Gasteiger partial charge on any atom is -0.497 e. The van der Waals surface area contributed by atoms with Gasteiger partial charge in [-0.25, -0.2) is 13.1 Å². The highest BCUT2D eigenvalue weighted by molar-refractivity contribution is 7.89. The zero-order valence-electron chi connectivity index (χ0n) is 19.8. The van der Waals surface area contributed by atoms with Crippen molar-refractivity contribution < 1.29 is 27.2 Å². The number of carbonyl (C=O) groups is 2. The molecule has 0 aliphatic carbocycles. The number of methoxy groups -OCH3 is 1. The predicted octanol–water partition coefficient (Wildman–Crippen LogP) is 2.68. The van der Waals surface area contributed by atoms with Crippen LogP contribution in [0.4, 0.5) is 0 Å². The minimum atomic E-state index is -3.94. The molecule has 10 heteroatoms. The van der Waals surface area contributed by atoms with E-state index in [1.165, 1.54) is 42.5 Å². The molecular formula is C23H33N3O6S. The summed E-state index contributed by atoms with van der Waals surface area (Å²) in [5, 5.41) is 2.97. The van der Waals surface area contributed by atoms with Crippen LogP contribution in [0.2, 0.25) is 0 Å². The maximum absolute atomic E-state index is 13.1. The molecule has 0 aliphatic heterocycles. The average Bonchev–Trinajstić information content (AvgIpc) is 3.30. The van der Waals surface area contributed by atoms with E-state index in [0.29, 0.717) is 24.4 Å². The van der Waals surface area contributed by atoms with Crippen molar-refractivity contribution in [3.63, 3.8) is 0 Å². The molecule has 1 aromatic heterocycles. The number of amides is 2. The van der Waals surface area contributed by atoms with E-state index in [0.717, 1.165) is 0 Å². The average molecular weight is 480 g/mol. The Labute approximate surface area is 195 Å². The maximum Gasteiger partial charge on any atom is 0.243 e. The van der Waals surface area contributed by atoms with Crippen molar-refractivity contribution in [1.82, 2.24) is 14.9 Å². The first kappa shape index (κ1) is 26.4. The molecule has 0 unspecified atom stereocenters. The highest BCUT2D eigenvalue weighted by Crippen LogP contribution is 2.17. The fourth-order valence-electron chi connectivity index (χ4n) is 3.09. The summed E-state index contributed by atoms with van der Waals surface area (Å²) < 4.78 is 38.1. The molecule has 2 rings (SSSR count). The normalized spacial score (nSPS) is 12.8. The van der Waals surface area contributed by atoms with Gasteiger partial charge < -0.3 is 19.4 Å². The van der Waals surface area contributed by atoms with Crippen molar-refractivity contribution in [2.45, 2.75) is 63.6 Å². The second-order valence-electron chi connectivity index (χ2n) is 8.25. The number of nitrogens with zero attached hydrogens (tertiary/aromatic N) is 1. The molecule has 2 amide bonds. The standard InChI is InChI=1S/C23H33N3O6S/c1-6-20(22(28)25-23(3,4)7-2)26(16-18-9-8-14-32-18)21(27)15-24-33(29,30)19-12-10-17(31-5)11-13-19/h8-14,20,24H,6-7,15-16H2,1-5H3,(H,25,28)/t20-/m0/s1. The van der Waals surface area contributed by atoms with Crippen molar-refractivity contribution in [3.05, 3.63) is 48.4 Å². The molecule has 0 fully saturated rings. The Morgan fingerprint density at radius 1 is 1.15 bits per heavy atom. The van der Waals surface area contributed by atoms with Crippen LogP contribution in [0.5, 0.6) is 5.75 Å². The number of benzene rings is 1. The molecule has 0 saturated heterocycles. The fourth-order valence-corrected chi connectivity index (χ4v) is 4.07. The summed E-state index contributed by atoms with van der Waals surface area (Å²) in [6, 6.07) is 8.41. The molecule has 0 bridgehead atoms. The lowest BCUT2D eigenvalue weighted by Crippen LogP contribution is -2.55. The van der Waals surface area contributed by atoms with E-state index in [-0.39, 0.29) is 17.3 Å². The largest absolute Gasteiger partial charge is 0.497 e. The highest BCUT2D eigenvalue weighted by atomic mass is 32.2. The van der Waals surface area contributed by atoms with Gasteiger partial charge in [0.1, 0.15) is 17.6 Å². The Kier molecular flexibility index (Phi) is 9.07. The van der Waals surface area contributed by atoms with Gasteiger partial charge >= 0.3 is 0 Å². The summed E-state index contributed by atoms with van der Waals surface area (Å²) in [5.41, 5.74) is -0.445. The SMILES string of the molecule is CC[C@@H](C(=O)NC(C)(C)CC)N(Cc1ccco1)C(=O)CNS(=O)(=O)c1ccc(OC)cc1. The van der Waals surface area contributed by atoms with Crippen molar-refractivity contribution in [2.75, 3.05) is 13.7 Å². The summed E-state index contributed by atoms with van der Waals surface area (Å²) in [7, 11) is -2.46. The van der Waals surface area contributed by atoms with Crippen LogP contribution >= 0.6 is 0 Å². The summed E-state index contributed by atoms with van der Waals surface area (Å²) in [6.45, 7) is 7.09. The van der Waals surface area contributed by atoms with Crippen molar-refractivity contribution in [3.8, 4) is 5.75 Å². The molecule has 0 spiro atoms. The molecule has 0 saturated carbocycles. The number of carbonyl (C=O) groups excluding carboxylic acids is 2. The van der Waals surface area contributed by atoms with E-state index in [4.69, 9.17) is 9.15 Å². The molecule has 1 atom stereocenters. The van der Waals surface area contributed by atoms with E-state index in [2.05, 4.69) is 10.0 Å². The summed E-state index contributed by atoms with van der Waals surface area (Å²) in [5.74, 6) is 0.158. The first-order chi connectivity index (χ1) is 15.5. The van der Waals surface area contributed by atoms with E-state index < -0.39 is 34.1 Å². The van der Waals surface area contributed by atoms with Gasteiger partial charge in [0, 0.05) is 5.54 Å². The number of nitrogens with one attached hydrogen (secondary N) is 2. The predicted molar refractivity (Wildman–Crippen MR) is 124 cm³/mol. The third kappa shape index (κ3) is 7.33. The number of hydrogen-bond donors (Lipinski definition) is 2. The van der Waals surface area contributed by atoms with Crippen LogP contribution in [-0.4, -0.2) is 50.4 Å². The molecule has 9 nitrogen and oxygen atoms in total. The number of ether oxygens (including phenoxy) is 1. The number of sulfonamides is 1. The van der Waals surface area contributed by atoms with Crippen LogP contribution in [-0.2, 0) is 26.2 Å². The van der Waals surface area contributed by atoms with Crippen molar-refractivity contribution in [2.24, 2.45) is 0 Å². The summed E-state index contributed by atoms with van der Waals surface area (Å²) in [4.78, 5) is 27.5. The molecular weight excluding hydrogens is 446 g/mol. The Bertz CT molecular complexity index is 1020. The van der Waals surface area contributed by atoms with Crippen molar-refractivity contribution in [1.29, 1.82) is 0 Å². The molecule has 1 heterocycles. The molecule has 33 heavy (non-hydrogen) atoms. The smallest absolute Gasteiger partial charge is 0.243 e. The topological polar surface area (TPSA) is 118 Å². The first-order valence-electron chi connectivity index (χ1n) is 10.8. The van der Waals surface area contributed by atoms with Gasteiger partial charge in [-0.3, -0.25) is 9.59 Å². The third-order valence-corrected chi connectivity index (χ3v) is 6.84. The second-order valence-corrected chi connectivity index (χ2v) is 10.0. The van der Waals surface area contributed by atoms with Gasteiger partial charge in [0.2, 0.25) is 21.8 Å². The molecule has 0 aliphatic rings. The molecule has 2 N–H and O–H groups in total. The lowest BCUT2D eigenvalue weighted by Gasteiger charge is -2.33. The Morgan fingerprint density at radius 2 is 1.82 bits per heavy atom. The second kappa shape index (κ2) is 11.3. The number of rotatable bonds is 12. The van der Waals surface area contributed by atoms with Gasteiger partial charge in [-0.2, -0.15) is 0 Å². The monoisotopic (exact) mass is 479 g/mol. The molecule has 0 radical (unpaired) electrons. The lowest BCUT2D eigenvalue weighted by atomic mass is 10.0. The lowest BCUT2D eigenvalue weighted by molar-refractivity contribution is -0.141. The van der Waals surface area contributed by atoms with Gasteiger partial charge in [0.15, 0.2) is 0 Å². The fraction of sp³-hybridized carbons (Fsp3) is 0.478. The zero-order valence-corrected chi connectivity index (χ0v) is 20.6. The van der Waals surface area contributed by atoms with Gasteiger partial charge in [0.25, 0.3) is 0 Å². The van der Waals surface area contributed by atoms with Crippen LogP contribution in [0, 0.1) is 0 Å². The van der Waals surface area contributed by atoms with Crippen LogP contribution in [0.25, 0.3) is 0 Å². The first-order valence-corrected chi connectivity index (χ1v) is 12.3. The van der Waals surface area contributed by atoms with Crippen LogP contribution in [0.3, 0.4) is 0 Å². The van der Waals surface area contributed by atoms with Crippen molar-refractivity contribution >= 4 is 21.8 Å². The van der Waals surface area contributed by atoms with E-state index in [1.54, 1.807) is 19.1 Å². The quantitative estimate of drug-likeness (QED) is 0.483. The van der Waals surface area contributed by atoms with Crippen LogP contribution in [0.1, 0.15) is 46.3 Å². The van der Waals surface area contributed by atoms with Gasteiger partial charge in [-0.1, -0.05) is 13.8 Å². The van der Waals surface area contributed by atoms with Gasteiger partial charge in [-0.15, -0.1) is 0 Å². The van der Waals surface area contributed by atoms with E-state index in [9.17, 15) is 18.0 Å². The van der Waals surface area contributed by atoms with Gasteiger partial charge in [-0.05, 0) is 63.1 Å². The van der Waals surface area contributed by atoms with Gasteiger partial charge in [0.05, 0.1) is 31.4 Å².